The van der Waals surface area contributed by atoms with Crippen LogP contribution in [0.4, 0.5) is 10.6 Å². The lowest BCUT2D eigenvalue weighted by atomic mass is 9.91. The molecule has 1 amide bonds. The highest BCUT2D eigenvalue weighted by Crippen LogP contribution is 2.25. The number of hydrogen-bond donors (Lipinski definition) is 4. The standard InChI is InChI=1S/C22H23N7O3.ClH/c1-12-10-17(26-16-5-3-2-4-15(12)16)24-13-6-8-14(9-7-13)25-22(32)29-11-23-18-19(29)27-21(31)28-20(18)30;/h2-5,10-11,13-14H,6-9H2,1H3,(H,24,26)(H,25,32)(H2,27,28,30,31);1H. The third-order valence-electron chi connectivity index (χ3n) is 5.99. The van der Waals surface area contributed by atoms with Crippen LogP contribution in [0.1, 0.15) is 31.2 Å². The summed E-state index contributed by atoms with van der Waals surface area (Å²) in [5.74, 6) is 0.868. The molecule has 0 radical (unpaired) electrons. The van der Waals surface area contributed by atoms with Crippen LogP contribution in [0.15, 0.2) is 46.2 Å². The van der Waals surface area contributed by atoms with Crippen LogP contribution in [0, 0.1) is 6.92 Å². The van der Waals surface area contributed by atoms with Gasteiger partial charge < -0.3 is 10.6 Å². The Hall–Kier alpha value is -3.66. The lowest BCUT2D eigenvalue weighted by Crippen LogP contribution is -2.42. The molecule has 3 aromatic heterocycles. The lowest BCUT2D eigenvalue weighted by molar-refractivity contribution is 0.234. The average Bonchev–Trinajstić information content (AvgIpc) is 3.19. The number of H-pyrrole nitrogens is 2. The number of aromatic nitrogens is 5. The first-order valence-corrected chi connectivity index (χ1v) is 10.6. The Labute approximate surface area is 194 Å². The van der Waals surface area contributed by atoms with Crippen LogP contribution >= 0.6 is 12.4 Å². The molecule has 1 aliphatic carbocycles. The summed E-state index contributed by atoms with van der Waals surface area (Å²) in [6, 6.07) is 10.0. The van der Waals surface area contributed by atoms with Gasteiger partial charge in [-0.05, 0) is 50.3 Å². The Morgan fingerprint density at radius 3 is 2.61 bits per heavy atom. The van der Waals surface area contributed by atoms with Crippen LogP contribution in [0.3, 0.4) is 0 Å². The number of para-hydroxylation sites is 1. The van der Waals surface area contributed by atoms with E-state index in [2.05, 4.69) is 44.6 Å². The van der Waals surface area contributed by atoms with E-state index >= 15 is 0 Å². The van der Waals surface area contributed by atoms with Crippen LogP contribution < -0.4 is 21.9 Å². The quantitative estimate of drug-likeness (QED) is 0.364. The molecule has 1 aromatic carbocycles. The van der Waals surface area contributed by atoms with Crippen molar-refractivity contribution in [2.24, 2.45) is 0 Å². The average molecular weight is 470 g/mol. The second kappa shape index (κ2) is 9.07. The van der Waals surface area contributed by atoms with Gasteiger partial charge in [0.2, 0.25) is 0 Å². The van der Waals surface area contributed by atoms with Crippen LogP contribution in [-0.4, -0.2) is 42.6 Å². The van der Waals surface area contributed by atoms with E-state index < -0.39 is 17.3 Å². The zero-order chi connectivity index (χ0) is 22.2. The summed E-state index contributed by atoms with van der Waals surface area (Å²) in [6.07, 6.45) is 4.63. The van der Waals surface area contributed by atoms with Crippen molar-refractivity contribution in [2.45, 2.75) is 44.7 Å². The minimum Gasteiger partial charge on any atom is -0.367 e. The van der Waals surface area contributed by atoms with E-state index in [1.807, 2.05) is 18.2 Å². The number of hydrogen-bond acceptors (Lipinski definition) is 6. The molecule has 11 heteroatoms. The first-order chi connectivity index (χ1) is 15.5. The fourth-order valence-corrected chi connectivity index (χ4v) is 4.35. The van der Waals surface area contributed by atoms with Crippen LogP contribution in [0.2, 0.25) is 0 Å². The monoisotopic (exact) mass is 469 g/mol. The Balaban J connectivity index is 0.00000259. The molecule has 1 aliphatic rings. The molecule has 4 N–H and O–H groups in total. The number of amides is 1. The number of benzene rings is 1. The predicted octanol–water partition coefficient (Wildman–Crippen LogP) is 2.67. The SMILES string of the molecule is Cc1cc(NC2CCC(NC(=O)n3cnc4c(=O)[nH]c(=O)[nH]c43)CC2)nc2ccccc12.Cl. The fourth-order valence-electron chi connectivity index (χ4n) is 4.35. The van der Waals surface area contributed by atoms with E-state index in [9.17, 15) is 14.4 Å². The normalized spacial score (nSPS) is 18.1. The van der Waals surface area contributed by atoms with Crippen molar-refractivity contribution in [1.82, 2.24) is 29.8 Å². The number of rotatable bonds is 3. The molecule has 5 rings (SSSR count). The van der Waals surface area contributed by atoms with E-state index in [0.717, 1.165) is 47.0 Å². The summed E-state index contributed by atoms with van der Waals surface area (Å²) in [7, 11) is 0. The Morgan fingerprint density at radius 1 is 1.09 bits per heavy atom. The summed E-state index contributed by atoms with van der Waals surface area (Å²) in [6.45, 7) is 2.09. The molecule has 0 unspecified atom stereocenters. The van der Waals surface area contributed by atoms with Gasteiger partial charge in [-0.15, -0.1) is 12.4 Å². The summed E-state index contributed by atoms with van der Waals surface area (Å²) >= 11 is 0. The summed E-state index contributed by atoms with van der Waals surface area (Å²) in [4.78, 5) is 49.3. The van der Waals surface area contributed by atoms with E-state index in [1.54, 1.807) is 0 Å². The third-order valence-corrected chi connectivity index (χ3v) is 5.99. The number of carbonyl (C=O) groups excluding carboxylic acids is 1. The van der Waals surface area contributed by atoms with Gasteiger partial charge in [0, 0.05) is 17.5 Å². The maximum Gasteiger partial charge on any atom is 0.328 e. The summed E-state index contributed by atoms with van der Waals surface area (Å²) in [5.41, 5.74) is 0.958. The van der Waals surface area contributed by atoms with Gasteiger partial charge in [0.15, 0.2) is 11.2 Å². The zero-order valence-electron chi connectivity index (χ0n) is 17.9. The second-order valence-corrected chi connectivity index (χ2v) is 8.20. The van der Waals surface area contributed by atoms with Crippen molar-refractivity contribution in [3.8, 4) is 0 Å². The van der Waals surface area contributed by atoms with E-state index in [4.69, 9.17) is 4.98 Å². The number of nitrogens with zero attached hydrogens (tertiary/aromatic N) is 3. The van der Waals surface area contributed by atoms with Crippen molar-refractivity contribution >= 4 is 46.3 Å². The van der Waals surface area contributed by atoms with Crippen molar-refractivity contribution in [3.63, 3.8) is 0 Å². The highest BCUT2D eigenvalue weighted by atomic mass is 35.5. The third kappa shape index (κ3) is 4.47. The molecule has 10 nitrogen and oxygen atoms in total. The van der Waals surface area contributed by atoms with Crippen molar-refractivity contribution in [1.29, 1.82) is 0 Å². The van der Waals surface area contributed by atoms with E-state index in [1.165, 1.54) is 11.9 Å². The van der Waals surface area contributed by atoms with Gasteiger partial charge in [0.25, 0.3) is 5.56 Å². The Bertz CT molecular complexity index is 1430. The highest BCUT2D eigenvalue weighted by Gasteiger charge is 2.24. The lowest BCUT2D eigenvalue weighted by Gasteiger charge is -2.30. The van der Waals surface area contributed by atoms with E-state index in [-0.39, 0.29) is 35.7 Å². The number of aryl methyl sites for hydroxylation is 1. The molecule has 33 heavy (non-hydrogen) atoms. The number of carbonyl (C=O) groups is 1. The van der Waals surface area contributed by atoms with Gasteiger partial charge in [-0.25, -0.2) is 24.1 Å². The zero-order valence-corrected chi connectivity index (χ0v) is 18.7. The molecule has 0 bridgehead atoms. The maximum absolute atomic E-state index is 12.7. The van der Waals surface area contributed by atoms with Crippen LogP contribution in [0.5, 0.6) is 0 Å². The molecule has 172 valence electrons. The highest BCUT2D eigenvalue weighted by molar-refractivity contribution is 5.86. The first kappa shape index (κ1) is 22.5. The van der Waals surface area contributed by atoms with Crippen LogP contribution in [0.25, 0.3) is 22.1 Å². The number of halogens is 1. The summed E-state index contributed by atoms with van der Waals surface area (Å²) in [5, 5.41) is 7.66. The Morgan fingerprint density at radius 2 is 1.82 bits per heavy atom. The topological polar surface area (TPSA) is 138 Å². The molecular weight excluding hydrogens is 446 g/mol. The number of aromatic amines is 2. The van der Waals surface area contributed by atoms with Gasteiger partial charge in [0.1, 0.15) is 12.1 Å². The first-order valence-electron chi connectivity index (χ1n) is 10.6. The smallest absolute Gasteiger partial charge is 0.328 e. The summed E-state index contributed by atoms with van der Waals surface area (Å²) < 4.78 is 1.16. The molecule has 4 aromatic rings. The maximum atomic E-state index is 12.7. The predicted molar refractivity (Wildman–Crippen MR) is 128 cm³/mol. The number of anilines is 1. The molecule has 1 fully saturated rings. The number of imidazole rings is 1. The van der Waals surface area contributed by atoms with Gasteiger partial charge in [-0.1, -0.05) is 18.2 Å². The fraction of sp³-hybridized carbons (Fsp3) is 0.318. The Kier molecular flexibility index (Phi) is 6.19. The molecule has 3 heterocycles. The molecule has 0 atom stereocenters. The minimum atomic E-state index is -0.679. The molecule has 0 spiro atoms. The molecular formula is C22H24ClN7O3. The van der Waals surface area contributed by atoms with Gasteiger partial charge in [-0.2, -0.15) is 0 Å². The number of fused-ring (bicyclic) bond motifs is 2. The second-order valence-electron chi connectivity index (χ2n) is 8.20. The van der Waals surface area contributed by atoms with Gasteiger partial charge in [-0.3, -0.25) is 14.8 Å². The number of nitrogens with one attached hydrogen (secondary N) is 4. The van der Waals surface area contributed by atoms with Crippen molar-refractivity contribution < 1.29 is 4.79 Å². The minimum absolute atomic E-state index is 0. The van der Waals surface area contributed by atoms with Crippen LogP contribution in [-0.2, 0) is 0 Å². The molecule has 0 aliphatic heterocycles. The van der Waals surface area contributed by atoms with E-state index in [0.29, 0.717) is 0 Å². The van der Waals surface area contributed by atoms with Gasteiger partial charge >= 0.3 is 11.7 Å². The van der Waals surface area contributed by atoms with Crippen molar-refractivity contribution in [2.75, 3.05) is 5.32 Å². The largest absolute Gasteiger partial charge is 0.367 e. The molecule has 0 saturated heterocycles. The van der Waals surface area contributed by atoms with Crippen molar-refractivity contribution in [3.05, 3.63) is 63.1 Å². The molecule has 1 saturated carbocycles. The number of pyridine rings is 1. The van der Waals surface area contributed by atoms with Gasteiger partial charge in [0.05, 0.1) is 5.52 Å².